The van der Waals surface area contributed by atoms with Gasteiger partial charge >= 0.3 is 0 Å². The second-order valence-corrected chi connectivity index (χ2v) is 9.58. The highest BCUT2D eigenvalue weighted by atomic mass is 127. The number of benzene rings is 2. The number of hydrogen-bond acceptors (Lipinski definition) is 6. The smallest absolute Gasteiger partial charge is 0.265 e. The lowest BCUT2D eigenvalue weighted by atomic mass is 10.1. The van der Waals surface area contributed by atoms with E-state index in [2.05, 4.69) is 38.1 Å². The van der Waals surface area contributed by atoms with Crippen molar-refractivity contribution >= 4 is 57.5 Å². The Kier molecular flexibility index (Phi) is 6.70. The van der Waals surface area contributed by atoms with Gasteiger partial charge in [-0.2, -0.15) is 0 Å². The molecule has 0 aliphatic carbocycles. The van der Waals surface area contributed by atoms with Crippen LogP contribution in [0, 0.1) is 10.5 Å². The number of aryl methyl sites for hydroxylation is 1. The van der Waals surface area contributed by atoms with Crippen LogP contribution in [0.3, 0.4) is 0 Å². The van der Waals surface area contributed by atoms with Gasteiger partial charge in [0.25, 0.3) is 5.91 Å². The van der Waals surface area contributed by atoms with Crippen LogP contribution in [0.1, 0.15) is 24.4 Å². The molecule has 1 N–H and O–H groups in total. The SMILES string of the molecule is Cc1cc(I)ccc1NC(=O)CSc1nnc([C@H](C)N2C(=O)COc3ccccc32)n1C. The number of carbonyl (C=O) groups is 2. The van der Waals surface area contributed by atoms with Crippen molar-refractivity contribution in [3.63, 3.8) is 0 Å². The molecule has 8 nitrogen and oxygen atoms in total. The number of halogens is 1. The molecule has 4 rings (SSSR count). The number of nitrogens with zero attached hydrogens (tertiary/aromatic N) is 4. The van der Waals surface area contributed by atoms with Crippen LogP contribution in [0.25, 0.3) is 0 Å². The van der Waals surface area contributed by atoms with Crippen molar-refractivity contribution in [1.29, 1.82) is 0 Å². The van der Waals surface area contributed by atoms with E-state index < -0.39 is 0 Å². The number of fused-ring (bicyclic) bond motifs is 1. The van der Waals surface area contributed by atoms with Crippen molar-refractivity contribution < 1.29 is 14.3 Å². The summed E-state index contributed by atoms with van der Waals surface area (Å²) >= 11 is 3.54. The van der Waals surface area contributed by atoms with Crippen LogP contribution in [0.4, 0.5) is 11.4 Å². The van der Waals surface area contributed by atoms with Crippen LogP contribution in [-0.2, 0) is 16.6 Å². The predicted octanol–water partition coefficient (Wildman–Crippen LogP) is 3.95. The average Bonchev–Trinajstić information content (AvgIpc) is 3.14. The summed E-state index contributed by atoms with van der Waals surface area (Å²) in [5.41, 5.74) is 2.52. The standard InChI is InChI=1S/C22H22IN5O3S/c1-13-10-15(23)8-9-16(13)24-19(29)12-32-22-26-25-21(27(22)3)14(2)28-17-6-4-5-7-18(17)31-11-20(28)30/h4-10,14H,11-12H2,1-3H3,(H,24,29)/t14-/m0/s1. The number of carbonyl (C=O) groups excluding carboxylic acids is 2. The van der Waals surface area contributed by atoms with Crippen molar-refractivity contribution in [3.05, 3.63) is 57.4 Å². The average molecular weight is 563 g/mol. The van der Waals surface area contributed by atoms with Crippen molar-refractivity contribution in [1.82, 2.24) is 14.8 Å². The van der Waals surface area contributed by atoms with Gasteiger partial charge in [0.2, 0.25) is 5.91 Å². The summed E-state index contributed by atoms with van der Waals surface area (Å²) in [4.78, 5) is 26.7. The number of nitrogens with one attached hydrogen (secondary N) is 1. The Hall–Kier alpha value is -2.60. The summed E-state index contributed by atoms with van der Waals surface area (Å²) in [5, 5.41) is 12.1. The number of thioether (sulfide) groups is 1. The Balaban J connectivity index is 1.45. The third-order valence-electron chi connectivity index (χ3n) is 5.17. The van der Waals surface area contributed by atoms with Crippen molar-refractivity contribution in [2.24, 2.45) is 7.05 Å². The fraction of sp³-hybridized carbons (Fsp3) is 0.273. The van der Waals surface area contributed by atoms with E-state index in [0.29, 0.717) is 22.4 Å². The van der Waals surface area contributed by atoms with Crippen molar-refractivity contribution in [2.75, 3.05) is 22.6 Å². The quantitative estimate of drug-likeness (QED) is 0.361. The molecule has 0 bridgehead atoms. The van der Waals surface area contributed by atoms with Gasteiger partial charge < -0.3 is 14.6 Å². The molecule has 0 radical (unpaired) electrons. The zero-order valence-electron chi connectivity index (χ0n) is 17.8. The van der Waals surface area contributed by atoms with Crippen LogP contribution in [0.15, 0.2) is 47.6 Å². The molecule has 10 heteroatoms. The number of rotatable bonds is 6. The van der Waals surface area contributed by atoms with Gasteiger partial charge in [-0.05, 0) is 72.3 Å². The monoisotopic (exact) mass is 563 g/mol. The molecule has 0 saturated heterocycles. The zero-order valence-corrected chi connectivity index (χ0v) is 20.8. The fourth-order valence-corrected chi connectivity index (χ4v) is 4.93. The normalized spacial score (nSPS) is 14.0. The number of hydrogen-bond donors (Lipinski definition) is 1. The molecule has 166 valence electrons. The van der Waals surface area contributed by atoms with Gasteiger partial charge in [0.15, 0.2) is 17.6 Å². The molecular weight excluding hydrogens is 541 g/mol. The molecule has 32 heavy (non-hydrogen) atoms. The third kappa shape index (κ3) is 4.60. The fourth-order valence-electron chi connectivity index (χ4n) is 3.56. The van der Waals surface area contributed by atoms with Crippen LogP contribution >= 0.6 is 34.4 Å². The van der Waals surface area contributed by atoms with Crippen LogP contribution in [0.5, 0.6) is 5.75 Å². The maximum absolute atomic E-state index is 12.6. The second kappa shape index (κ2) is 9.49. The molecule has 1 aromatic heterocycles. The highest BCUT2D eigenvalue weighted by Gasteiger charge is 2.32. The summed E-state index contributed by atoms with van der Waals surface area (Å²) in [6.45, 7) is 3.86. The first-order valence-electron chi connectivity index (χ1n) is 9.97. The first-order chi connectivity index (χ1) is 15.3. The van der Waals surface area contributed by atoms with Gasteiger partial charge in [-0.1, -0.05) is 23.9 Å². The largest absolute Gasteiger partial charge is 0.482 e. The lowest BCUT2D eigenvalue weighted by molar-refractivity contribution is -0.121. The molecule has 3 aromatic rings. The first-order valence-corrected chi connectivity index (χ1v) is 12.0. The van der Waals surface area contributed by atoms with E-state index in [1.54, 1.807) is 4.90 Å². The van der Waals surface area contributed by atoms with Gasteiger partial charge in [0.1, 0.15) is 5.75 Å². The Morgan fingerprint density at radius 1 is 1.28 bits per heavy atom. The molecule has 1 aliphatic heterocycles. The summed E-state index contributed by atoms with van der Waals surface area (Å²) < 4.78 is 8.48. The van der Waals surface area contributed by atoms with Gasteiger partial charge in [-0.15, -0.1) is 10.2 Å². The number of aromatic nitrogens is 3. The highest BCUT2D eigenvalue weighted by Crippen LogP contribution is 2.37. The maximum Gasteiger partial charge on any atom is 0.265 e. The zero-order chi connectivity index (χ0) is 22.8. The molecule has 0 unspecified atom stereocenters. The van der Waals surface area contributed by atoms with Gasteiger partial charge in [0, 0.05) is 16.3 Å². The minimum absolute atomic E-state index is 0.0149. The van der Waals surface area contributed by atoms with Crippen LogP contribution in [-0.4, -0.2) is 38.9 Å². The number of para-hydroxylation sites is 2. The van der Waals surface area contributed by atoms with E-state index in [0.717, 1.165) is 14.8 Å². The molecule has 1 atom stereocenters. The number of amides is 2. The Labute approximate surface area is 203 Å². The molecule has 0 spiro atoms. The van der Waals surface area contributed by atoms with Gasteiger partial charge in [0.05, 0.1) is 17.5 Å². The molecule has 0 saturated carbocycles. The molecule has 1 aliphatic rings. The highest BCUT2D eigenvalue weighted by molar-refractivity contribution is 14.1. The van der Waals surface area contributed by atoms with Gasteiger partial charge in [-0.3, -0.25) is 14.5 Å². The lowest BCUT2D eigenvalue weighted by Gasteiger charge is -2.33. The molecule has 0 fully saturated rings. The minimum Gasteiger partial charge on any atom is -0.482 e. The number of anilines is 2. The van der Waals surface area contributed by atoms with Crippen molar-refractivity contribution in [2.45, 2.75) is 25.0 Å². The second-order valence-electron chi connectivity index (χ2n) is 7.39. The Morgan fingerprint density at radius 3 is 2.84 bits per heavy atom. The molecule has 2 aromatic carbocycles. The van der Waals surface area contributed by atoms with E-state index in [1.165, 1.54) is 11.8 Å². The summed E-state index contributed by atoms with van der Waals surface area (Å²) in [5.74, 6) is 1.24. The lowest BCUT2D eigenvalue weighted by Crippen LogP contribution is -2.41. The van der Waals surface area contributed by atoms with Crippen molar-refractivity contribution in [3.8, 4) is 5.75 Å². The summed E-state index contributed by atoms with van der Waals surface area (Å²) in [6.07, 6.45) is 0. The predicted molar refractivity (Wildman–Crippen MR) is 132 cm³/mol. The van der Waals surface area contributed by atoms with E-state index in [4.69, 9.17) is 4.74 Å². The Bertz CT molecular complexity index is 1180. The number of ether oxygens (including phenoxy) is 1. The maximum atomic E-state index is 12.6. The van der Waals surface area contributed by atoms with Crippen LogP contribution in [0.2, 0.25) is 0 Å². The Morgan fingerprint density at radius 2 is 2.06 bits per heavy atom. The molecule has 2 heterocycles. The van der Waals surface area contributed by atoms with Gasteiger partial charge in [-0.25, -0.2) is 0 Å². The summed E-state index contributed by atoms with van der Waals surface area (Å²) in [7, 11) is 1.84. The van der Waals surface area contributed by atoms with E-state index in [1.807, 2.05) is 67.9 Å². The van der Waals surface area contributed by atoms with Crippen LogP contribution < -0.4 is 15.0 Å². The first kappa shape index (κ1) is 22.6. The minimum atomic E-state index is -0.345. The molecular formula is C22H22IN5O3S. The van der Waals surface area contributed by atoms with E-state index in [-0.39, 0.29) is 30.2 Å². The van der Waals surface area contributed by atoms with E-state index in [9.17, 15) is 9.59 Å². The summed E-state index contributed by atoms with van der Waals surface area (Å²) in [6, 6.07) is 13.0. The van der Waals surface area contributed by atoms with E-state index >= 15 is 0 Å². The topological polar surface area (TPSA) is 89.3 Å². The third-order valence-corrected chi connectivity index (χ3v) is 6.86. The molecule has 2 amide bonds.